The maximum absolute atomic E-state index is 13.2. The lowest BCUT2D eigenvalue weighted by Crippen LogP contribution is -2.41. The molecule has 2 aromatic carbocycles. The van der Waals surface area contributed by atoms with Crippen molar-refractivity contribution in [3.05, 3.63) is 52.6 Å². The van der Waals surface area contributed by atoms with E-state index in [1.54, 1.807) is 37.3 Å². The van der Waals surface area contributed by atoms with E-state index in [0.717, 1.165) is 16.7 Å². The Bertz CT molecular complexity index is 952. The molecule has 0 aromatic heterocycles. The Morgan fingerprint density at radius 2 is 1.79 bits per heavy atom. The van der Waals surface area contributed by atoms with Gasteiger partial charge < -0.3 is 19.5 Å². The number of ketones is 1. The molecule has 0 aliphatic carbocycles. The standard InChI is InChI=1S/C22H25NO5/c1-13-8-14(2)20-17(9-13)22(26,11-15(3)24)21(25)23(20)12-16-6-7-18(27-4)19(10-16)28-5/h6-10,26H,11-12H2,1-5H3/t22-/m0/s1. The van der Waals surface area contributed by atoms with Gasteiger partial charge in [-0.15, -0.1) is 0 Å². The summed E-state index contributed by atoms with van der Waals surface area (Å²) in [7, 11) is 3.11. The van der Waals surface area contributed by atoms with E-state index in [4.69, 9.17) is 9.47 Å². The van der Waals surface area contributed by atoms with Crippen molar-refractivity contribution < 1.29 is 24.2 Å². The quantitative estimate of drug-likeness (QED) is 0.830. The SMILES string of the molecule is COc1ccc(CN2C(=O)[C@](O)(CC(C)=O)c3cc(C)cc(C)c32)cc1OC. The summed E-state index contributed by atoms with van der Waals surface area (Å²) in [5.74, 6) is 0.431. The van der Waals surface area contributed by atoms with Crippen molar-refractivity contribution in [2.24, 2.45) is 0 Å². The highest BCUT2D eigenvalue weighted by Crippen LogP contribution is 2.45. The summed E-state index contributed by atoms with van der Waals surface area (Å²) in [4.78, 5) is 26.6. The van der Waals surface area contributed by atoms with Gasteiger partial charge in [0.05, 0.1) is 26.5 Å². The van der Waals surface area contributed by atoms with Crippen LogP contribution in [0.4, 0.5) is 5.69 Å². The molecule has 6 nitrogen and oxygen atoms in total. The molecule has 1 amide bonds. The van der Waals surface area contributed by atoms with Crippen molar-refractivity contribution in [1.29, 1.82) is 0 Å². The van der Waals surface area contributed by atoms with Crippen molar-refractivity contribution >= 4 is 17.4 Å². The summed E-state index contributed by atoms with van der Waals surface area (Å²) in [6.45, 7) is 5.43. The monoisotopic (exact) mass is 383 g/mol. The molecular formula is C22H25NO5. The molecule has 0 radical (unpaired) electrons. The van der Waals surface area contributed by atoms with Gasteiger partial charge in [-0.3, -0.25) is 9.59 Å². The summed E-state index contributed by atoms with van der Waals surface area (Å²) >= 11 is 0. The molecule has 2 aromatic rings. The number of methoxy groups -OCH3 is 2. The number of nitrogens with zero attached hydrogens (tertiary/aromatic N) is 1. The number of ether oxygens (including phenoxy) is 2. The molecule has 3 rings (SSSR count). The largest absolute Gasteiger partial charge is 0.493 e. The molecule has 0 unspecified atom stereocenters. The first kappa shape index (κ1) is 19.9. The van der Waals surface area contributed by atoms with Gasteiger partial charge in [-0.2, -0.15) is 0 Å². The van der Waals surface area contributed by atoms with Crippen LogP contribution in [-0.4, -0.2) is 31.0 Å². The fourth-order valence-corrected chi connectivity index (χ4v) is 3.92. The maximum Gasteiger partial charge on any atom is 0.264 e. The number of carbonyl (C=O) groups excluding carboxylic acids is 2. The zero-order chi connectivity index (χ0) is 20.6. The van der Waals surface area contributed by atoms with Crippen LogP contribution in [0.5, 0.6) is 11.5 Å². The van der Waals surface area contributed by atoms with E-state index in [9.17, 15) is 14.7 Å². The minimum atomic E-state index is -1.84. The van der Waals surface area contributed by atoms with Crippen LogP contribution in [0.2, 0.25) is 0 Å². The highest BCUT2D eigenvalue weighted by atomic mass is 16.5. The first-order valence-electron chi connectivity index (χ1n) is 9.07. The number of aryl methyl sites for hydroxylation is 2. The molecule has 148 valence electrons. The number of carbonyl (C=O) groups is 2. The van der Waals surface area contributed by atoms with Gasteiger partial charge in [0.1, 0.15) is 5.78 Å². The molecule has 1 atom stereocenters. The zero-order valence-electron chi connectivity index (χ0n) is 16.8. The average Bonchev–Trinajstić information content (AvgIpc) is 2.83. The second-order valence-corrected chi connectivity index (χ2v) is 7.30. The van der Waals surface area contributed by atoms with Crippen LogP contribution in [0.3, 0.4) is 0 Å². The molecule has 0 spiro atoms. The number of hydrogen-bond acceptors (Lipinski definition) is 5. The highest BCUT2D eigenvalue weighted by molar-refractivity contribution is 6.09. The molecular weight excluding hydrogens is 358 g/mol. The Labute approximate surface area is 164 Å². The van der Waals surface area contributed by atoms with E-state index in [1.165, 1.54) is 6.92 Å². The van der Waals surface area contributed by atoms with E-state index in [-0.39, 0.29) is 18.7 Å². The molecule has 1 aliphatic heterocycles. The summed E-state index contributed by atoms with van der Waals surface area (Å²) in [6.07, 6.45) is -0.246. The predicted octanol–water partition coefficient (Wildman–Crippen LogP) is 3.03. The molecule has 0 saturated heterocycles. The van der Waals surface area contributed by atoms with E-state index < -0.39 is 11.5 Å². The molecule has 1 heterocycles. The third kappa shape index (κ3) is 3.24. The van der Waals surface area contributed by atoms with E-state index in [2.05, 4.69) is 0 Å². The normalized spacial score (nSPS) is 18.2. The van der Waals surface area contributed by atoms with Crippen molar-refractivity contribution in [2.75, 3.05) is 19.1 Å². The molecule has 6 heteroatoms. The Kier molecular flexibility index (Phi) is 5.17. The number of Topliss-reactive ketones (excluding diaryl/α,β-unsaturated/α-hetero) is 1. The van der Waals surface area contributed by atoms with Crippen LogP contribution in [0, 0.1) is 13.8 Å². The number of hydrogen-bond donors (Lipinski definition) is 1. The van der Waals surface area contributed by atoms with E-state index >= 15 is 0 Å². The molecule has 0 bridgehead atoms. The summed E-state index contributed by atoms with van der Waals surface area (Å²) in [6, 6.07) is 9.18. The van der Waals surface area contributed by atoms with Gasteiger partial charge >= 0.3 is 0 Å². The molecule has 1 N–H and O–H groups in total. The minimum absolute atomic E-state index is 0.242. The number of fused-ring (bicyclic) bond motifs is 1. The van der Waals surface area contributed by atoms with E-state index in [1.807, 2.05) is 26.0 Å². The number of amides is 1. The number of aliphatic hydroxyl groups is 1. The third-order valence-electron chi connectivity index (χ3n) is 5.05. The number of rotatable bonds is 6. The van der Waals surface area contributed by atoms with Crippen LogP contribution in [0.25, 0.3) is 0 Å². The topological polar surface area (TPSA) is 76.1 Å². The molecule has 0 fully saturated rings. The third-order valence-corrected chi connectivity index (χ3v) is 5.05. The van der Waals surface area contributed by atoms with E-state index in [0.29, 0.717) is 22.7 Å². The Morgan fingerprint density at radius 3 is 2.39 bits per heavy atom. The van der Waals surface area contributed by atoms with Gasteiger partial charge in [0, 0.05) is 12.0 Å². The lowest BCUT2D eigenvalue weighted by Gasteiger charge is -2.23. The Hall–Kier alpha value is -2.86. The van der Waals surface area contributed by atoms with Crippen LogP contribution in [0.1, 0.15) is 35.6 Å². The molecule has 0 saturated carbocycles. The second kappa shape index (κ2) is 7.28. The summed E-state index contributed by atoms with van der Waals surface area (Å²) in [5, 5.41) is 11.2. The van der Waals surface area contributed by atoms with Gasteiger partial charge in [-0.05, 0) is 44.0 Å². The van der Waals surface area contributed by atoms with Crippen molar-refractivity contribution in [3.8, 4) is 11.5 Å². The number of benzene rings is 2. The Balaban J connectivity index is 2.08. The number of anilines is 1. The highest BCUT2D eigenvalue weighted by Gasteiger charge is 2.51. The van der Waals surface area contributed by atoms with Crippen molar-refractivity contribution in [2.45, 2.75) is 39.3 Å². The van der Waals surface area contributed by atoms with Crippen molar-refractivity contribution in [3.63, 3.8) is 0 Å². The summed E-state index contributed by atoms with van der Waals surface area (Å²) < 4.78 is 10.6. The predicted molar refractivity (Wildman–Crippen MR) is 106 cm³/mol. The van der Waals surface area contributed by atoms with Gasteiger partial charge in [0.15, 0.2) is 17.1 Å². The first-order valence-corrected chi connectivity index (χ1v) is 9.07. The lowest BCUT2D eigenvalue weighted by molar-refractivity contribution is -0.141. The maximum atomic E-state index is 13.2. The lowest BCUT2D eigenvalue weighted by atomic mass is 9.88. The van der Waals surface area contributed by atoms with Crippen LogP contribution in [0.15, 0.2) is 30.3 Å². The molecule has 28 heavy (non-hydrogen) atoms. The Morgan fingerprint density at radius 1 is 1.11 bits per heavy atom. The van der Waals surface area contributed by atoms with Crippen LogP contribution >= 0.6 is 0 Å². The minimum Gasteiger partial charge on any atom is -0.493 e. The van der Waals surface area contributed by atoms with Crippen LogP contribution < -0.4 is 14.4 Å². The first-order chi connectivity index (χ1) is 13.2. The van der Waals surface area contributed by atoms with Gasteiger partial charge in [-0.1, -0.05) is 23.8 Å². The molecule has 1 aliphatic rings. The fraction of sp³-hybridized carbons (Fsp3) is 0.364. The smallest absolute Gasteiger partial charge is 0.264 e. The zero-order valence-corrected chi connectivity index (χ0v) is 16.8. The fourth-order valence-electron chi connectivity index (χ4n) is 3.92. The average molecular weight is 383 g/mol. The van der Waals surface area contributed by atoms with Crippen LogP contribution in [-0.2, 0) is 21.7 Å². The van der Waals surface area contributed by atoms with Gasteiger partial charge in [0.25, 0.3) is 5.91 Å². The summed E-state index contributed by atoms with van der Waals surface area (Å²) in [5.41, 5.74) is 1.94. The van der Waals surface area contributed by atoms with Crippen molar-refractivity contribution in [1.82, 2.24) is 0 Å². The van der Waals surface area contributed by atoms with Gasteiger partial charge in [-0.25, -0.2) is 0 Å². The second-order valence-electron chi connectivity index (χ2n) is 7.30. The van der Waals surface area contributed by atoms with Gasteiger partial charge in [0.2, 0.25) is 0 Å².